The van der Waals surface area contributed by atoms with E-state index in [1.807, 2.05) is 18.2 Å². The van der Waals surface area contributed by atoms with Gasteiger partial charge >= 0.3 is 0 Å². The maximum Gasteiger partial charge on any atom is 0.270 e. The number of hydrogen-bond donors (Lipinski definition) is 1. The Hall–Kier alpha value is -2.61. The van der Waals surface area contributed by atoms with Crippen molar-refractivity contribution in [2.45, 2.75) is 25.3 Å². The Bertz CT molecular complexity index is 928. The molecule has 2 aromatic carbocycles. The van der Waals surface area contributed by atoms with Gasteiger partial charge in [-0.3, -0.25) is 14.9 Å². The molecule has 0 aromatic heterocycles. The topological polar surface area (TPSA) is 84.7 Å². The van der Waals surface area contributed by atoms with Crippen LogP contribution in [-0.2, 0) is 0 Å². The van der Waals surface area contributed by atoms with Crippen molar-refractivity contribution in [2.75, 3.05) is 24.6 Å². The molecule has 1 N–H and O–H groups in total. The third-order valence-electron chi connectivity index (χ3n) is 5.20. The molecule has 0 bridgehead atoms. The van der Waals surface area contributed by atoms with E-state index in [9.17, 15) is 14.9 Å². The fourth-order valence-electron chi connectivity index (χ4n) is 3.80. The van der Waals surface area contributed by atoms with E-state index in [1.54, 1.807) is 6.07 Å². The van der Waals surface area contributed by atoms with E-state index in [0.29, 0.717) is 18.6 Å². The first-order chi connectivity index (χ1) is 13.5. The zero-order valence-electron chi connectivity index (χ0n) is 15.2. The average Bonchev–Trinajstić information content (AvgIpc) is 3.22. The van der Waals surface area contributed by atoms with E-state index < -0.39 is 4.92 Å². The molecule has 28 heavy (non-hydrogen) atoms. The quantitative estimate of drug-likeness (QED) is 0.562. The van der Waals surface area contributed by atoms with Crippen LogP contribution in [0.3, 0.4) is 0 Å². The molecule has 0 aliphatic carbocycles. The van der Waals surface area contributed by atoms with Gasteiger partial charge in [-0.05, 0) is 37.1 Å². The highest BCUT2D eigenvalue weighted by atomic mass is 79.9. The second-order valence-corrected chi connectivity index (χ2v) is 7.91. The molecule has 1 saturated heterocycles. The summed E-state index contributed by atoms with van der Waals surface area (Å²) >= 11 is 3.46. The summed E-state index contributed by atoms with van der Waals surface area (Å²) in [4.78, 5) is 26.0. The summed E-state index contributed by atoms with van der Waals surface area (Å²) in [5.41, 5.74) is 1.92. The summed E-state index contributed by atoms with van der Waals surface area (Å²) in [5.74, 6) is 0.446. The van der Waals surface area contributed by atoms with Crippen molar-refractivity contribution in [3.63, 3.8) is 0 Å². The number of amides is 1. The summed E-state index contributed by atoms with van der Waals surface area (Å²) in [6.45, 7) is 2.21. The Morgan fingerprint density at radius 1 is 1.21 bits per heavy atom. The van der Waals surface area contributed by atoms with E-state index in [2.05, 4.69) is 26.1 Å². The molecule has 1 atom stereocenters. The lowest BCUT2D eigenvalue weighted by atomic mass is 9.99. The van der Waals surface area contributed by atoms with Crippen LogP contribution in [0.25, 0.3) is 0 Å². The van der Waals surface area contributed by atoms with Crippen LogP contribution in [0.1, 0.15) is 41.2 Å². The molecule has 1 unspecified atom stereocenters. The Labute approximate surface area is 171 Å². The fourth-order valence-corrected chi connectivity index (χ4v) is 4.18. The molecule has 2 aromatic rings. The van der Waals surface area contributed by atoms with E-state index in [-0.39, 0.29) is 17.6 Å². The van der Waals surface area contributed by atoms with Crippen LogP contribution >= 0.6 is 15.9 Å². The van der Waals surface area contributed by atoms with Crippen molar-refractivity contribution >= 4 is 33.2 Å². The van der Waals surface area contributed by atoms with Crippen molar-refractivity contribution in [2.24, 2.45) is 0 Å². The average molecular weight is 446 g/mol. The van der Waals surface area contributed by atoms with Crippen molar-refractivity contribution in [3.8, 4) is 5.75 Å². The zero-order valence-corrected chi connectivity index (χ0v) is 16.8. The number of benzene rings is 2. The Kier molecular flexibility index (Phi) is 5.21. The molecule has 146 valence electrons. The van der Waals surface area contributed by atoms with Gasteiger partial charge in [0, 0.05) is 41.7 Å². The lowest BCUT2D eigenvalue weighted by Gasteiger charge is -2.28. The van der Waals surface area contributed by atoms with E-state index in [4.69, 9.17) is 4.74 Å². The van der Waals surface area contributed by atoms with Crippen LogP contribution < -0.4 is 15.0 Å². The van der Waals surface area contributed by atoms with Gasteiger partial charge in [-0.15, -0.1) is 0 Å². The molecule has 4 rings (SSSR count). The maximum atomic E-state index is 13.1. The third-order valence-corrected chi connectivity index (χ3v) is 5.69. The highest BCUT2D eigenvalue weighted by molar-refractivity contribution is 9.10. The number of carbonyl (C=O) groups is 1. The van der Waals surface area contributed by atoms with Gasteiger partial charge in [0.1, 0.15) is 5.75 Å². The summed E-state index contributed by atoms with van der Waals surface area (Å²) < 4.78 is 6.59. The van der Waals surface area contributed by atoms with Crippen LogP contribution in [0.2, 0.25) is 0 Å². The molecular weight excluding hydrogens is 426 g/mol. The minimum absolute atomic E-state index is 0.0804. The molecule has 0 saturated carbocycles. The number of fused-ring (bicyclic) bond motifs is 1. The minimum Gasteiger partial charge on any atom is -0.493 e. The number of halogens is 1. The lowest BCUT2D eigenvalue weighted by Crippen LogP contribution is -2.33. The van der Waals surface area contributed by atoms with Gasteiger partial charge in [0.05, 0.1) is 28.8 Å². The van der Waals surface area contributed by atoms with Crippen molar-refractivity contribution < 1.29 is 14.5 Å². The van der Waals surface area contributed by atoms with E-state index in [1.165, 1.54) is 12.1 Å². The molecule has 8 heteroatoms. The Morgan fingerprint density at radius 3 is 2.75 bits per heavy atom. The SMILES string of the molecule is O=C(NC1CCOc2ccc(Br)cc21)c1cc([N+](=O)[O-])ccc1N1CCCC1. The summed E-state index contributed by atoms with van der Waals surface area (Å²) in [7, 11) is 0. The lowest BCUT2D eigenvalue weighted by molar-refractivity contribution is -0.384. The fraction of sp³-hybridized carbons (Fsp3) is 0.350. The molecule has 1 fully saturated rings. The number of nitrogens with zero attached hydrogens (tertiary/aromatic N) is 2. The first-order valence-electron chi connectivity index (χ1n) is 9.29. The van der Waals surface area contributed by atoms with Crippen LogP contribution in [0.4, 0.5) is 11.4 Å². The molecule has 2 aliphatic rings. The van der Waals surface area contributed by atoms with Crippen molar-refractivity contribution in [3.05, 3.63) is 62.1 Å². The van der Waals surface area contributed by atoms with Gasteiger partial charge in [-0.25, -0.2) is 0 Å². The van der Waals surface area contributed by atoms with Crippen LogP contribution in [-0.4, -0.2) is 30.5 Å². The van der Waals surface area contributed by atoms with Crippen LogP contribution in [0.15, 0.2) is 40.9 Å². The first-order valence-corrected chi connectivity index (χ1v) is 10.1. The summed E-state index contributed by atoms with van der Waals surface area (Å²) in [5, 5.41) is 14.3. The molecule has 2 aliphatic heterocycles. The van der Waals surface area contributed by atoms with Crippen LogP contribution in [0.5, 0.6) is 5.75 Å². The van der Waals surface area contributed by atoms with Gasteiger partial charge in [0.25, 0.3) is 11.6 Å². The number of hydrogen-bond acceptors (Lipinski definition) is 5. The van der Waals surface area contributed by atoms with Gasteiger partial charge in [0.2, 0.25) is 0 Å². The van der Waals surface area contributed by atoms with E-state index in [0.717, 1.165) is 47.4 Å². The highest BCUT2D eigenvalue weighted by Gasteiger charge is 2.27. The number of rotatable bonds is 4. The number of nitro benzene ring substituents is 1. The smallest absolute Gasteiger partial charge is 0.270 e. The second-order valence-electron chi connectivity index (χ2n) is 7.00. The third kappa shape index (κ3) is 3.69. The predicted octanol–water partition coefficient (Wildman–Crippen LogP) is 4.21. The molecule has 0 radical (unpaired) electrons. The van der Waals surface area contributed by atoms with Gasteiger partial charge in [-0.1, -0.05) is 15.9 Å². The summed E-state index contributed by atoms with van der Waals surface area (Å²) in [6.07, 6.45) is 2.75. The van der Waals surface area contributed by atoms with Crippen molar-refractivity contribution in [1.29, 1.82) is 0 Å². The van der Waals surface area contributed by atoms with Crippen molar-refractivity contribution in [1.82, 2.24) is 5.32 Å². The number of carbonyl (C=O) groups excluding carboxylic acids is 1. The number of ether oxygens (including phenoxy) is 1. The number of anilines is 1. The molecule has 7 nitrogen and oxygen atoms in total. The second kappa shape index (κ2) is 7.79. The zero-order chi connectivity index (χ0) is 19.7. The minimum atomic E-state index is -0.467. The normalized spacial score (nSPS) is 18.3. The largest absolute Gasteiger partial charge is 0.493 e. The molecule has 2 heterocycles. The Morgan fingerprint density at radius 2 is 2.00 bits per heavy atom. The molecule has 0 spiro atoms. The maximum absolute atomic E-state index is 13.1. The molecular formula is C20H20BrN3O4. The van der Waals surface area contributed by atoms with E-state index >= 15 is 0 Å². The first kappa shape index (κ1) is 18.7. The standard InChI is InChI=1S/C20H20BrN3O4/c21-13-3-6-19-15(11-13)17(7-10-28-19)22-20(25)16-12-14(24(26)27)4-5-18(16)23-8-1-2-9-23/h3-6,11-12,17H,1-2,7-10H2,(H,22,25). The monoisotopic (exact) mass is 445 g/mol. The highest BCUT2D eigenvalue weighted by Crippen LogP contribution is 2.35. The van der Waals surface area contributed by atoms with Gasteiger partial charge < -0.3 is 15.0 Å². The molecule has 1 amide bonds. The number of nitro groups is 1. The predicted molar refractivity (Wildman–Crippen MR) is 109 cm³/mol. The van der Waals surface area contributed by atoms with Crippen LogP contribution in [0, 0.1) is 10.1 Å². The summed E-state index contributed by atoms with van der Waals surface area (Å²) in [6, 6.07) is 10.0. The number of nitrogens with one attached hydrogen (secondary N) is 1. The van der Waals surface area contributed by atoms with Gasteiger partial charge in [-0.2, -0.15) is 0 Å². The Balaban J connectivity index is 1.65. The number of non-ortho nitro benzene ring substituents is 1. The van der Waals surface area contributed by atoms with Gasteiger partial charge in [0.15, 0.2) is 0 Å².